The fraction of sp³-hybridized carbons (Fsp3) is 0.208. The Kier molecular flexibility index (Phi) is 6.17. The predicted molar refractivity (Wildman–Crippen MR) is 117 cm³/mol. The topological polar surface area (TPSA) is 54.8 Å². The summed E-state index contributed by atoms with van der Waals surface area (Å²) >= 11 is 13.0. The molecule has 1 fully saturated rings. The normalized spacial score (nSPS) is 17.3. The van der Waals surface area contributed by atoms with Gasteiger partial charge in [-0.15, -0.1) is 0 Å². The van der Waals surface area contributed by atoms with Gasteiger partial charge in [0.25, 0.3) is 0 Å². The molecule has 0 N–H and O–H groups in total. The number of nitriles is 1. The van der Waals surface area contributed by atoms with Gasteiger partial charge < -0.3 is 14.2 Å². The van der Waals surface area contributed by atoms with Crippen LogP contribution in [0, 0.1) is 17.1 Å². The van der Waals surface area contributed by atoms with E-state index in [0.29, 0.717) is 29.4 Å². The van der Waals surface area contributed by atoms with Crippen LogP contribution in [-0.4, -0.2) is 26.9 Å². The van der Waals surface area contributed by atoms with Crippen LogP contribution in [0.1, 0.15) is 16.7 Å². The number of epoxide rings is 1. The highest BCUT2D eigenvalue weighted by atomic mass is 35.5. The summed E-state index contributed by atoms with van der Waals surface area (Å²) in [6, 6.07) is 17.9. The van der Waals surface area contributed by atoms with E-state index >= 15 is 4.39 Å². The first-order chi connectivity index (χ1) is 15.0. The van der Waals surface area contributed by atoms with E-state index in [9.17, 15) is 5.26 Å². The SMILES string of the molecule is COCCOc1ccc(C#N)c(-c2cc(C3(c4ccccc4)CO3)c(Cl)cc2Cl)c1F. The largest absolute Gasteiger partial charge is 0.488 e. The molecule has 1 saturated heterocycles. The fourth-order valence-corrected chi connectivity index (χ4v) is 4.20. The Bertz CT molecular complexity index is 1160. The van der Waals surface area contributed by atoms with Crippen molar-refractivity contribution in [2.75, 3.05) is 26.9 Å². The number of hydrogen-bond donors (Lipinski definition) is 0. The van der Waals surface area contributed by atoms with Gasteiger partial charge in [-0.1, -0.05) is 53.5 Å². The summed E-state index contributed by atoms with van der Waals surface area (Å²) in [7, 11) is 1.53. The van der Waals surface area contributed by atoms with Crippen LogP contribution in [0.4, 0.5) is 4.39 Å². The van der Waals surface area contributed by atoms with E-state index in [1.165, 1.54) is 19.2 Å². The van der Waals surface area contributed by atoms with E-state index in [-0.39, 0.29) is 28.5 Å². The van der Waals surface area contributed by atoms with E-state index in [4.69, 9.17) is 37.4 Å². The van der Waals surface area contributed by atoms with E-state index in [1.54, 1.807) is 12.1 Å². The Morgan fingerprint density at radius 2 is 1.84 bits per heavy atom. The van der Waals surface area contributed by atoms with Crippen LogP contribution in [0.3, 0.4) is 0 Å². The van der Waals surface area contributed by atoms with Crippen LogP contribution in [0.5, 0.6) is 5.75 Å². The van der Waals surface area contributed by atoms with Crippen LogP contribution in [0.25, 0.3) is 11.1 Å². The third-order valence-electron chi connectivity index (χ3n) is 5.21. The Hall–Kier alpha value is -2.62. The molecular weight excluding hydrogens is 440 g/mol. The number of halogens is 3. The van der Waals surface area contributed by atoms with Crippen molar-refractivity contribution < 1.29 is 18.6 Å². The van der Waals surface area contributed by atoms with Gasteiger partial charge in [0, 0.05) is 28.8 Å². The van der Waals surface area contributed by atoms with E-state index in [1.807, 2.05) is 36.4 Å². The fourth-order valence-electron chi connectivity index (χ4n) is 3.57. The van der Waals surface area contributed by atoms with Gasteiger partial charge in [-0.05, 0) is 29.8 Å². The molecule has 0 spiro atoms. The van der Waals surface area contributed by atoms with Gasteiger partial charge in [0.1, 0.15) is 12.2 Å². The summed E-state index contributed by atoms with van der Waals surface area (Å²) in [5.74, 6) is -0.658. The summed E-state index contributed by atoms with van der Waals surface area (Å²) in [4.78, 5) is 0. The van der Waals surface area contributed by atoms with E-state index < -0.39 is 11.4 Å². The predicted octanol–water partition coefficient (Wildman–Crippen LogP) is 5.97. The minimum absolute atomic E-state index is 0.0130. The molecule has 0 aromatic heterocycles. The third kappa shape index (κ3) is 4.00. The van der Waals surface area contributed by atoms with Gasteiger partial charge in [0.15, 0.2) is 11.6 Å². The summed E-state index contributed by atoms with van der Waals surface area (Å²) in [5.41, 5.74) is 1.41. The van der Waals surface area contributed by atoms with Crippen molar-refractivity contribution in [3.63, 3.8) is 0 Å². The molecular formula is C24H18Cl2FNO3. The molecule has 3 aromatic rings. The summed E-state index contributed by atoms with van der Waals surface area (Å²) in [5, 5.41) is 10.2. The second-order valence-corrected chi connectivity index (χ2v) is 7.86. The maximum Gasteiger partial charge on any atom is 0.174 e. The van der Waals surface area contributed by atoms with Crippen LogP contribution < -0.4 is 4.74 Å². The lowest BCUT2D eigenvalue weighted by Crippen LogP contribution is -2.12. The zero-order valence-corrected chi connectivity index (χ0v) is 18.1. The monoisotopic (exact) mass is 457 g/mol. The molecule has 1 aliphatic heterocycles. The number of nitrogens with zero attached hydrogens (tertiary/aromatic N) is 1. The summed E-state index contributed by atoms with van der Waals surface area (Å²) < 4.78 is 31.7. The molecule has 1 aliphatic rings. The molecule has 0 saturated carbocycles. The first kappa shape index (κ1) is 21.6. The highest BCUT2D eigenvalue weighted by molar-refractivity contribution is 6.37. The second-order valence-electron chi connectivity index (χ2n) is 7.05. The van der Waals surface area contributed by atoms with Gasteiger partial charge in [0.05, 0.1) is 29.9 Å². The first-order valence-electron chi connectivity index (χ1n) is 9.55. The molecule has 7 heteroatoms. The molecule has 0 amide bonds. The van der Waals surface area contributed by atoms with Gasteiger partial charge in [-0.2, -0.15) is 5.26 Å². The maximum atomic E-state index is 15.4. The lowest BCUT2D eigenvalue weighted by atomic mass is 9.88. The van der Waals surface area contributed by atoms with Crippen molar-refractivity contribution in [2.24, 2.45) is 0 Å². The molecule has 1 unspecified atom stereocenters. The Balaban J connectivity index is 1.86. The van der Waals surface area contributed by atoms with Crippen molar-refractivity contribution in [3.05, 3.63) is 87.2 Å². The van der Waals surface area contributed by atoms with Crippen LogP contribution in [0.15, 0.2) is 54.6 Å². The van der Waals surface area contributed by atoms with Gasteiger partial charge in [0.2, 0.25) is 0 Å². The smallest absolute Gasteiger partial charge is 0.174 e. The van der Waals surface area contributed by atoms with Crippen molar-refractivity contribution in [2.45, 2.75) is 5.60 Å². The van der Waals surface area contributed by atoms with Crippen molar-refractivity contribution >= 4 is 23.2 Å². The molecule has 4 nitrogen and oxygen atoms in total. The molecule has 1 atom stereocenters. The second kappa shape index (κ2) is 8.86. The zero-order chi connectivity index (χ0) is 22.0. The van der Waals surface area contributed by atoms with Gasteiger partial charge in [-0.25, -0.2) is 4.39 Å². The third-order valence-corrected chi connectivity index (χ3v) is 5.83. The highest BCUT2D eigenvalue weighted by Crippen LogP contribution is 2.50. The average molecular weight is 458 g/mol. The standard InChI is InChI=1S/C24H18Cl2FNO3/c1-29-9-10-30-21-8-7-15(13-28)22(23(21)27)17-11-18(20(26)12-19(17)25)24(14-31-24)16-5-3-2-4-6-16/h2-8,11-12H,9-10,14H2,1H3. The minimum atomic E-state index is -0.729. The molecule has 3 aromatic carbocycles. The van der Waals surface area contributed by atoms with E-state index in [2.05, 4.69) is 0 Å². The summed E-state index contributed by atoms with van der Waals surface area (Å²) in [6.45, 7) is 0.909. The van der Waals surface area contributed by atoms with Crippen molar-refractivity contribution in [1.82, 2.24) is 0 Å². The number of ether oxygens (including phenoxy) is 3. The highest BCUT2D eigenvalue weighted by Gasteiger charge is 2.49. The molecule has 0 aliphatic carbocycles. The van der Waals surface area contributed by atoms with E-state index in [0.717, 1.165) is 5.56 Å². The lowest BCUT2D eigenvalue weighted by Gasteiger charge is -2.18. The van der Waals surface area contributed by atoms with Crippen LogP contribution >= 0.6 is 23.2 Å². The maximum absolute atomic E-state index is 15.4. The van der Waals surface area contributed by atoms with Gasteiger partial charge in [-0.3, -0.25) is 0 Å². The molecule has 0 bridgehead atoms. The molecule has 0 radical (unpaired) electrons. The first-order valence-corrected chi connectivity index (χ1v) is 10.3. The summed E-state index contributed by atoms with van der Waals surface area (Å²) in [6.07, 6.45) is 0. The zero-order valence-electron chi connectivity index (χ0n) is 16.6. The Morgan fingerprint density at radius 1 is 1.10 bits per heavy atom. The number of benzene rings is 3. The molecule has 31 heavy (non-hydrogen) atoms. The van der Waals surface area contributed by atoms with Gasteiger partial charge >= 0.3 is 0 Å². The van der Waals surface area contributed by atoms with Crippen LogP contribution in [-0.2, 0) is 15.1 Å². The number of methoxy groups -OCH3 is 1. The lowest BCUT2D eigenvalue weighted by molar-refractivity contribution is 0.144. The molecule has 158 valence electrons. The van der Waals surface area contributed by atoms with Crippen molar-refractivity contribution in [3.8, 4) is 22.9 Å². The molecule has 4 rings (SSSR count). The molecule has 1 heterocycles. The Morgan fingerprint density at radius 3 is 2.48 bits per heavy atom. The van der Waals surface area contributed by atoms with Crippen molar-refractivity contribution in [1.29, 1.82) is 5.26 Å². The van der Waals surface area contributed by atoms with Crippen LogP contribution in [0.2, 0.25) is 10.0 Å². The average Bonchev–Trinajstić information content (AvgIpc) is 3.58. The number of rotatable bonds is 7. The Labute approximate surface area is 189 Å². The number of hydrogen-bond acceptors (Lipinski definition) is 4. The quantitative estimate of drug-likeness (QED) is 0.323. The minimum Gasteiger partial charge on any atom is -0.488 e.